The Bertz CT molecular complexity index is 483. The summed E-state index contributed by atoms with van der Waals surface area (Å²) < 4.78 is 30.0. The van der Waals surface area contributed by atoms with E-state index in [4.69, 9.17) is 15.1 Å². The summed E-state index contributed by atoms with van der Waals surface area (Å²) in [5.74, 6) is -1.31. The van der Waals surface area contributed by atoms with Crippen molar-refractivity contribution in [1.29, 1.82) is 5.26 Å². The third-order valence-electron chi connectivity index (χ3n) is 1.94. The molecule has 0 atom stereocenters. The molecule has 1 aromatic rings. The van der Waals surface area contributed by atoms with Gasteiger partial charge in [-0.1, -0.05) is 0 Å². The topological polar surface area (TPSA) is 83.2 Å². The lowest BCUT2D eigenvalue weighted by atomic mass is 10.1. The van der Waals surface area contributed by atoms with E-state index in [2.05, 4.69) is 4.98 Å². The number of rotatable bonds is 4. The second kappa shape index (κ2) is 5.21. The fourth-order valence-electron chi connectivity index (χ4n) is 1.27. The summed E-state index contributed by atoms with van der Waals surface area (Å²) in [5.41, 5.74) is -1.22. The molecule has 0 fully saturated rings. The Morgan fingerprint density at radius 3 is 2.76 bits per heavy atom. The lowest BCUT2D eigenvalue weighted by molar-refractivity contribution is -0.136. The average molecular weight is 242 g/mol. The molecule has 7 heteroatoms. The highest BCUT2D eigenvalue weighted by Crippen LogP contribution is 2.28. The van der Waals surface area contributed by atoms with E-state index in [-0.39, 0.29) is 17.0 Å². The highest BCUT2D eigenvalue weighted by molar-refractivity contribution is 5.70. The molecule has 17 heavy (non-hydrogen) atoms. The second-order valence-corrected chi connectivity index (χ2v) is 3.06. The smallest absolute Gasteiger partial charge is 0.309 e. The Morgan fingerprint density at radius 1 is 1.71 bits per heavy atom. The molecule has 90 valence electrons. The Morgan fingerprint density at radius 2 is 2.35 bits per heavy atom. The van der Waals surface area contributed by atoms with Crippen molar-refractivity contribution in [1.82, 2.24) is 4.98 Å². The minimum Gasteiger partial charge on any atom is -0.495 e. The molecule has 0 spiro atoms. The number of aromatic nitrogens is 1. The maximum Gasteiger partial charge on any atom is 0.309 e. The zero-order valence-electron chi connectivity index (χ0n) is 8.78. The minimum atomic E-state index is -2.97. The van der Waals surface area contributed by atoms with E-state index in [1.165, 1.54) is 13.2 Å². The Balaban J connectivity index is 3.36. The molecule has 0 radical (unpaired) electrons. The van der Waals surface area contributed by atoms with E-state index in [9.17, 15) is 13.6 Å². The first-order valence-corrected chi connectivity index (χ1v) is 4.47. The van der Waals surface area contributed by atoms with Crippen LogP contribution in [-0.2, 0) is 11.2 Å². The summed E-state index contributed by atoms with van der Waals surface area (Å²) in [6, 6.07) is 2.73. The molecule has 0 amide bonds. The van der Waals surface area contributed by atoms with Crippen molar-refractivity contribution in [3.05, 3.63) is 23.0 Å². The van der Waals surface area contributed by atoms with Gasteiger partial charge in [0.25, 0.3) is 6.43 Å². The van der Waals surface area contributed by atoms with Crippen molar-refractivity contribution in [2.45, 2.75) is 12.8 Å². The fraction of sp³-hybridized carbons (Fsp3) is 0.300. The van der Waals surface area contributed by atoms with Gasteiger partial charge in [0.2, 0.25) is 0 Å². The van der Waals surface area contributed by atoms with Crippen LogP contribution >= 0.6 is 0 Å². The summed E-state index contributed by atoms with van der Waals surface area (Å²) in [6.07, 6.45) is -3.48. The number of hydrogen-bond acceptors (Lipinski definition) is 4. The number of carboxylic acid groups (broad SMARTS) is 1. The SMILES string of the molecule is COc1cc(CC(=O)O)nc(C(F)F)c1C#N. The molecule has 5 nitrogen and oxygen atoms in total. The molecule has 0 saturated heterocycles. The van der Waals surface area contributed by atoms with Crippen LogP contribution in [0.25, 0.3) is 0 Å². The molecule has 1 aromatic heterocycles. The molecule has 0 aliphatic rings. The molecule has 0 aliphatic carbocycles. The van der Waals surface area contributed by atoms with Crippen molar-refractivity contribution >= 4 is 5.97 Å². The number of ether oxygens (including phenoxy) is 1. The lowest BCUT2D eigenvalue weighted by Gasteiger charge is -2.09. The number of pyridine rings is 1. The Labute approximate surface area is 95.3 Å². The molecule has 1 N–H and O–H groups in total. The summed E-state index contributed by atoms with van der Waals surface area (Å²) in [6.45, 7) is 0. The third kappa shape index (κ3) is 2.87. The zero-order valence-corrected chi connectivity index (χ0v) is 8.78. The number of hydrogen-bond donors (Lipinski definition) is 1. The molecule has 0 saturated carbocycles. The summed E-state index contributed by atoms with van der Waals surface area (Å²) in [5, 5.41) is 17.3. The Hall–Kier alpha value is -2.23. The van der Waals surface area contributed by atoms with E-state index < -0.39 is 24.5 Å². The standard InChI is InChI=1S/C10H8F2N2O3/c1-17-7-2-5(3-8(15)16)14-9(10(11)12)6(7)4-13/h2,10H,3H2,1H3,(H,15,16). The van der Waals surface area contributed by atoms with Gasteiger partial charge in [0.15, 0.2) is 0 Å². The van der Waals surface area contributed by atoms with Crippen molar-refractivity contribution in [2.24, 2.45) is 0 Å². The van der Waals surface area contributed by atoms with Crippen LogP contribution in [0.2, 0.25) is 0 Å². The number of nitrogens with zero attached hydrogens (tertiary/aromatic N) is 2. The number of carboxylic acids is 1. The van der Waals surface area contributed by atoms with Gasteiger partial charge in [-0.3, -0.25) is 4.79 Å². The third-order valence-corrected chi connectivity index (χ3v) is 1.94. The van der Waals surface area contributed by atoms with E-state index in [1.807, 2.05) is 0 Å². The van der Waals surface area contributed by atoms with Crippen molar-refractivity contribution in [2.75, 3.05) is 7.11 Å². The average Bonchev–Trinajstić information content (AvgIpc) is 2.26. The number of carbonyl (C=O) groups is 1. The molecule has 1 rings (SSSR count). The van der Waals surface area contributed by atoms with Gasteiger partial charge in [-0.05, 0) is 0 Å². The number of methoxy groups -OCH3 is 1. The van der Waals surface area contributed by atoms with Crippen molar-refractivity contribution in [3.8, 4) is 11.8 Å². The quantitative estimate of drug-likeness (QED) is 0.865. The van der Waals surface area contributed by atoms with Crippen LogP contribution < -0.4 is 4.74 Å². The molecular weight excluding hydrogens is 234 g/mol. The van der Waals surface area contributed by atoms with Crippen LogP contribution in [0.3, 0.4) is 0 Å². The maximum absolute atomic E-state index is 12.6. The van der Waals surface area contributed by atoms with Gasteiger partial charge < -0.3 is 9.84 Å². The van der Waals surface area contributed by atoms with Gasteiger partial charge in [0.1, 0.15) is 23.1 Å². The fourth-order valence-corrected chi connectivity index (χ4v) is 1.27. The largest absolute Gasteiger partial charge is 0.495 e. The van der Waals surface area contributed by atoms with E-state index in [1.54, 1.807) is 6.07 Å². The second-order valence-electron chi connectivity index (χ2n) is 3.06. The number of nitriles is 1. The zero-order chi connectivity index (χ0) is 13.0. The lowest BCUT2D eigenvalue weighted by Crippen LogP contribution is -2.07. The first kappa shape index (κ1) is 12.8. The first-order chi connectivity index (χ1) is 7.99. The number of aliphatic carboxylic acids is 1. The van der Waals surface area contributed by atoms with Crippen LogP contribution in [0.5, 0.6) is 5.75 Å². The molecule has 0 unspecified atom stereocenters. The van der Waals surface area contributed by atoms with Crippen LogP contribution in [0.15, 0.2) is 6.07 Å². The summed E-state index contributed by atoms with van der Waals surface area (Å²) in [7, 11) is 1.20. The normalized spacial score (nSPS) is 10.1. The van der Waals surface area contributed by atoms with Crippen molar-refractivity contribution in [3.63, 3.8) is 0 Å². The van der Waals surface area contributed by atoms with Gasteiger partial charge in [0.05, 0.1) is 19.2 Å². The van der Waals surface area contributed by atoms with Gasteiger partial charge in [0, 0.05) is 6.07 Å². The van der Waals surface area contributed by atoms with Gasteiger partial charge in [-0.25, -0.2) is 13.8 Å². The van der Waals surface area contributed by atoms with Crippen molar-refractivity contribution < 1.29 is 23.4 Å². The van der Waals surface area contributed by atoms with E-state index in [0.717, 1.165) is 0 Å². The molecule has 0 bridgehead atoms. The van der Waals surface area contributed by atoms with Crippen LogP contribution in [-0.4, -0.2) is 23.2 Å². The predicted molar refractivity (Wildman–Crippen MR) is 51.8 cm³/mol. The van der Waals surface area contributed by atoms with Crippen LogP contribution in [0, 0.1) is 11.3 Å². The highest BCUT2D eigenvalue weighted by Gasteiger charge is 2.21. The first-order valence-electron chi connectivity index (χ1n) is 4.47. The van der Waals surface area contributed by atoms with Gasteiger partial charge >= 0.3 is 5.97 Å². The Kier molecular flexibility index (Phi) is 3.93. The predicted octanol–water partition coefficient (Wildman–Crippen LogP) is 1.53. The number of halogens is 2. The van der Waals surface area contributed by atoms with E-state index in [0.29, 0.717) is 0 Å². The summed E-state index contributed by atoms with van der Waals surface area (Å²) in [4.78, 5) is 13.9. The summed E-state index contributed by atoms with van der Waals surface area (Å²) >= 11 is 0. The molecule has 1 heterocycles. The highest BCUT2D eigenvalue weighted by atomic mass is 19.3. The maximum atomic E-state index is 12.6. The van der Waals surface area contributed by atoms with E-state index >= 15 is 0 Å². The van der Waals surface area contributed by atoms with Crippen LogP contribution in [0.1, 0.15) is 23.4 Å². The molecule has 0 aromatic carbocycles. The monoisotopic (exact) mass is 242 g/mol. The minimum absolute atomic E-state index is 0.0800. The number of alkyl halides is 2. The van der Waals surface area contributed by atoms with Crippen LogP contribution in [0.4, 0.5) is 8.78 Å². The van der Waals surface area contributed by atoms with Gasteiger partial charge in [-0.2, -0.15) is 5.26 Å². The molecular formula is C10H8F2N2O3. The molecule has 0 aliphatic heterocycles. The van der Waals surface area contributed by atoms with Gasteiger partial charge in [-0.15, -0.1) is 0 Å².